The Morgan fingerprint density at radius 2 is 1.88 bits per heavy atom. The molecule has 5 nitrogen and oxygen atoms in total. The fourth-order valence-electron chi connectivity index (χ4n) is 3.25. The zero-order chi connectivity index (χ0) is 18.4. The van der Waals surface area contributed by atoms with Crippen molar-refractivity contribution in [3.8, 4) is 0 Å². The molecule has 0 aliphatic carbocycles. The van der Waals surface area contributed by atoms with Gasteiger partial charge in [0.1, 0.15) is 5.82 Å². The Labute approximate surface area is 154 Å². The molecule has 0 radical (unpaired) electrons. The van der Waals surface area contributed by atoms with E-state index in [1.807, 2.05) is 31.6 Å². The Balaban J connectivity index is 1.49. The summed E-state index contributed by atoms with van der Waals surface area (Å²) < 4.78 is 13.1. The Hall–Kier alpha value is -2.63. The van der Waals surface area contributed by atoms with Crippen LogP contribution in [-0.4, -0.2) is 55.6 Å². The van der Waals surface area contributed by atoms with E-state index in [-0.39, 0.29) is 5.82 Å². The minimum absolute atomic E-state index is 0.193. The van der Waals surface area contributed by atoms with E-state index >= 15 is 0 Å². The monoisotopic (exact) mass is 355 g/mol. The molecule has 0 unspecified atom stereocenters. The van der Waals surface area contributed by atoms with E-state index < -0.39 is 0 Å². The highest BCUT2D eigenvalue weighted by Crippen LogP contribution is 2.17. The van der Waals surface area contributed by atoms with E-state index in [4.69, 9.17) is 0 Å². The molecule has 0 amide bonds. The molecule has 0 spiro atoms. The van der Waals surface area contributed by atoms with Crippen molar-refractivity contribution in [3.05, 3.63) is 59.7 Å². The second kappa shape index (κ2) is 8.65. The number of pyridine rings is 1. The smallest absolute Gasteiger partial charge is 0.193 e. The molecule has 1 aromatic heterocycles. The average molecular weight is 355 g/mol. The van der Waals surface area contributed by atoms with Crippen LogP contribution in [0, 0.1) is 12.7 Å². The summed E-state index contributed by atoms with van der Waals surface area (Å²) in [6.07, 6.45) is 4.69. The largest absolute Gasteiger partial charge is 0.368 e. The van der Waals surface area contributed by atoms with Crippen LogP contribution < -0.4 is 10.2 Å². The number of hydrogen-bond acceptors (Lipinski definition) is 3. The molecule has 1 N–H and O–H groups in total. The van der Waals surface area contributed by atoms with Gasteiger partial charge in [0.15, 0.2) is 5.96 Å². The van der Waals surface area contributed by atoms with Crippen molar-refractivity contribution < 1.29 is 4.39 Å². The number of nitrogens with one attached hydrogen (secondary N) is 1. The molecule has 6 heteroatoms. The van der Waals surface area contributed by atoms with Crippen molar-refractivity contribution in [1.29, 1.82) is 0 Å². The fourth-order valence-corrected chi connectivity index (χ4v) is 3.25. The highest BCUT2D eigenvalue weighted by molar-refractivity contribution is 5.80. The lowest BCUT2D eigenvalue weighted by Gasteiger charge is -2.37. The highest BCUT2D eigenvalue weighted by Gasteiger charge is 2.19. The van der Waals surface area contributed by atoms with Crippen LogP contribution in [0.1, 0.15) is 11.1 Å². The highest BCUT2D eigenvalue weighted by atomic mass is 19.1. The zero-order valence-electron chi connectivity index (χ0n) is 15.5. The van der Waals surface area contributed by atoms with E-state index in [0.29, 0.717) is 0 Å². The lowest BCUT2D eigenvalue weighted by Crippen LogP contribution is -2.52. The van der Waals surface area contributed by atoms with Crippen LogP contribution in [0.15, 0.2) is 47.7 Å². The third-order valence-electron chi connectivity index (χ3n) is 4.80. The fraction of sp³-hybridized carbons (Fsp3) is 0.400. The molecule has 1 aliphatic heterocycles. The van der Waals surface area contributed by atoms with Crippen molar-refractivity contribution in [2.75, 3.05) is 44.7 Å². The molecule has 26 heavy (non-hydrogen) atoms. The van der Waals surface area contributed by atoms with Gasteiger partial charge in [-0.3, -0.25) is 9.98 Å². The molecule has 1 aliphatic rings. The van der Waals surface area contributed by atoms with Gasteiger partial charge in [-0.25, -0.2) is 4.39 Å². The summed E-state index contributed by atoms with van der Waals surface area (Å²) in [5, 5.41) is 3.46. The maximum atomic E-state index is 13.1. The molecular formula is C20H26FN5. The normalized spacial score (nSPS) is 15.3. The topological polar surface area (TPSA) is 43.8 Å². The lowest BCUT2D eigenvalue weighted by atomic mass is 10.1. The minimum atomic E-state index is -0.193. The van der Waals surface area contributed by atoms with Crippen molar-refractivity contribution in [3.63, 3.8) is 0 Å². The summed E-state index contributed by atoms with van der Waals surface area (Å²) in [6, 6.07) is 8.79. The number of anilines is 1. The molecule has 0 bridgehead atoms. The van der Waals surface area contributed by atoms with E-state index in [2.05, 4.69) is 38.1 Å². The Morgan fingerprint density at radius 3 is 2.54 bits per heavy atom. The predicted molar refractivity (Wildman–Crippen MR) is 104 cm³/mol. The Kier molecular flexibility index (Phi) is 6.04. The quantitative estimate of drug-likeness (QED) is 0.676. The number of nitrogens with zero attached hydrogens (tertiary/aromatic N) is 4. The Bertz CT molecular complexity index is 736. The number of aryl methyl sites for hydroxylation is 1. The standard InChI is InChI=1S/C20H26FN5/c1-16-15-23-9-7-17(16)8-10-24-20(22-2)26-13-11-25(12-14-26)19-5-3-18(21)4-6-19/h3-7,9,15H,8,10-14H2,1-2H3,(H,22,24). The Morgan fingerprint density at radius 1 is 1.15 bits per heavy atom. The van der Waals surface area contributed by atoms with Crippen molar-refractivity contribution in [1.82, 2.24) is 15.2 Å². The first kappa shape index (κ1) is 18.2. The number of aromatic nitrogens is 1. The van der Waals surface area contributed by atoms with Crippen LogP contribution in [0.5, 0.6) is 0 Å². The van der Waals surface area contributed by atoms with Gasteiger partial charge in [-0.15, -0.1) is 0 Å². The van der Waals surface area contributed by atoms with Gasteiger partial charge in [0.2, 0.25) is 0 Å². The molecule has 1 saturated heterocycles. The second-order valence-electron chi connectivity index (χ2n) is 6.48. The number of rotatable bonds is 4. The molecule has 1 aromatic carbocycles. The van der Waals surface area contributed by atoms with E-state index in [1.54, 1.807) is 0 Å². The number of hydrogen-bond donors (Lipinski definition) is 1. The molecule has 0 atom stereocenters. The predicted octanol–water partition coefficient (Wildman–Crippen LogP) is 2.47. The van der Waals surface area contributed by atoms with E-state index in [1.165, 1.54) is 23.3 Å². The van der Waals surface area contributed by atoms with Crippen LogP contribution in [0.4, 0.5) is 10.1 Å². The number of halogens is 1. The molecule has 0 saturated carbocycles. The first-order valence-corrected chi connectivity index (χ1v) is 9.03. The van der Waals surface area contributed by atoms with Crippen LogP contribution in [0.25, 0.3) is 0 Å². The summed E-state index contributed by atoms with van der Waals surface area (Å²) in [6.45, 7) is 6.52. The van der Waals surface area contributed by atoms with Crippen LogP contribution in [0.2, 0.25) is 0 Å². The summed E-state index contributed by atoms with van der Waals surface area (Å²) in [5.41, 5.74) is 3.60. The van der Waals surface area contributed by atoms with Crippen LogP contribution in [0.3, 0.4) is 0 Å². The molecule has 3 rings (SSSR count). The maximum absolute atomic E-state index is 13.1. The number of piperazine rings is 1. The van der Waals surface area contributed by atoms with Crippen LogP contribution in [-0.2, 0) is 6.42 Å². The minimum Gasteiger partial charge on any atom is -0.368 e. The van der Waals surface area contributed by atoms with Gasteiger partial charge in [0, 0.05) is 57.9 Å². The second-order valence-corrected chi connectivity index (χ2v) is 6.48. The van der Waals surface area contributed by atoms with E-state index in [9.17, 15) is 4.39 Å². The van der Waals surface area contributed by atoms with Gasteiger partial charge in [0.05, 0.1) is 0 Å². The number of aliphatic imine (C=N–C) groups is 1. The molecule has 1 fully saturated rings. The van der Waals surface area contributed by atoms with Gasteiger partial charge in [-0.2, -0.15) is 0 Å². The number of benzene rings is 1. The van der Waals surface area contributed by atoms with Gasteiger partial charge in [-0.1, -0.05) is 0 Å². The third-order valence-corrected chi connectivity index (χ3v) is 4.80. The van der Waals surface area contributed by atoms with Gasteiger partial charge in [0.25, 0.3) is 0 Å². The van der Waals surface area contributed by atoms with Crippen molar-refractivity contribution >= 4 is 11.6 Å². The summed E-state index contributed by atoms with van der Waals surface area (Å²) in [7, 11) is 1.83. The summed E-state index contributed by atoms with van der Waals surface area (Å²) in [4.78, 5) is 13.1. The third kappa shape index (κ3) is 4.50. The van der Waals surface area contributed by atoms with Crippen molar-refractivity contribution in [2.45, 2.75) is 13.3 Å². The zero-order valence-corrected chi connectivity index (χ0v) is 15.5. The molecule has 138 valence electrons. The van der Waals surface area contributed by atoms with Crippen LogP contribution >= 0.6 is 0 Å². The van der Waals surface area contributed by atoms with Gasteiger partial charge < -0.3 is 15.1 Å². The number of guanidine groups is 1. The lowest BCUT2D eigenvalue weighted by molar-refractivity contribution is 0.373. The average Bonchev–Trinajstić information content (AvgIpc) is 2.67. The van der Waals surface area contributed by atoms with Crippen molar-refractivity contribution in [2.24, 2.45) is 4.99 Å². The van der Waals surface area contributed by atoms with Gasteiger partial charge >= 0.3 is 0 Å². The first-order valence-electron chi connectivity index (χ1n) is 9.03. The maximum Gasteiger partial charge on any atom is 0.193 e. The first-order chi connectivity index (χ1) is 12.7. The molecule has 2 aromatic rings. The van der Waals surface area contributed by atoms with E-state index in [0.717, 1.165) is 50.8 Å². The SMILES string of the molecule is CN=C(NCCc1ccncc1C)N1CCN(c2ccc(F)cc2)CC1. The summed E-state index contributed by atoms with van der Waals surface area (Å²) >= 11 is 0. The summed E-state index contributed by atoms with van der Waals surface area (Å²) in [5.74, 6) is 0.747. The van der Waals surface area contributed by atoms with Gasteiger partial charge in [-0.05, 0) is 54.8 Å². The molecular weight excluding hydrogens is 329 g/mol. The molecule has 2 heterocycles.